The molecule has 2 aromatic rings. The van der Waals surface area contributed by atoms with Crippen molar-refractivity contribution in [2.45, 2.75) is 0 Å². The number of carbonyl (C=O) groups is 1. The highest BCUT2D eigenvalue weighted by Crippen LogP contribution is 2.25. The number of sulfonamides is 1. The number of benzene rings is 1. The second kappa shape index (κ2) is 10.3. The highest BCUT2D eigenvalue weighted by molar-refractivity contribution is 7.89. The molecule has 12 heteroatoms. The van der Waals surface area contributed by atoms with Crippen LogP contribution in [0.3, 0.4) is 0 Å². The molecular formula is C19H26N6O5S. The molecule has 0 aliphatic carbocycles. The van der Waals surface area contributed by atoms with Crippen molar-refractivity contribution in [1.82, 2.24) is 19.6 Å². The summed E-state index contributed by atoms with van der Waals surface area (Å²) in [5.41, 5.74) is 0.468. The molecule has 1 aliphatic heterocycles. The van der Waals surface area contributed by atoms with Crippen LogP contribution in [-0.4, -0.2) is 81.4 Å². The quantitative estimate of drug-likeness (QED) is 0.604. The van der Waals surface area contributed by atoms with Crippen LogP contribution < -0.4 is 25.0 Å². The molecule has 0 bridgehead atoms. The Kier molecular flexibility index (Phi) is 7.47. The molecule has 168 valence electrons. The van der Waals surface area contributed by atoms with Crippen LogP contribution in [0.4, 0.5) is 16.4 Å². The summed E-state index contributed by atoms with van der Waals surface area (Å²) in [4.78, 5) is 22.5. The molecule has 2 N–H and O–H groups in total. The van der Waals surface area contributed by atoms with E-state index in [0.717, 1.165) is 0 Å². The summed E-state index contributed by atoms with van der Waals surface area (Å²) in [5, 5.41) is 5.21. The molecule has 1 fully saturated rings. The fourth-order valence-corrected chi connectivity index (χ4v) is 4.44. The number of piperazine rings is 1. The van der Waals surface area contributed by atoms with Gasteiger partial charge in [-0.3, -0.25) is 0 Å². The third kappa shape index (κ3) is 6.18. The van der Waals surface area contributed by atoms with Crippen LogP contribution in [0.5, 0.6) is 11.5 Å². The van der Waals surface area contributed by atoms with Gasteiger partial charge in [0.2, 0.25) is 16.0 Å². The maximum atomic E-state index is 12.6. The molecule has 1 aromatic carbocycles. The van der Waals surface area contributed by atoms with E-state index in [1.165, 1.54) is 18.5 Å². The van der Waals surface area contributed by atoms with Gasteiger partial charge in [-0.1, -0.05) is 0 Å². The second-order valence-corrected chi connectivity index (χ2v) is 8.82. The Balaban J connectivity index is 1.46. The van der Waals surface area contributed by atoms with E-state index in [1.807, 2.05) is 4.90 Å². The lowest BCUT2D eigenvalue weighted by atomic mass is 10.3. The van der Waals surface area contributed by atoms with Crippen LogP contribution >= 0.6 is 0 Å². The summed E-state index contributed by atoms with van der Waals surface area (Å²) < 4.78 is 37.0. The zero-order valence-corrected chi connectivity index (χ0v) is 18.3. The average Bonchev–Trinajstić information content (AvgIpc) is 2.79. The normalized spacial score (nSPS) is 14.7. The predicted molar refractivity (Wildman–Crippen MR) is 116 cm³/mol. The first-order valence-corrected chi connectivity index (χ1v) is 11.3. The van der Waals surface area contributed by atoms with E-state index in [0.29, 0.717) is 49.3 Å². The van der Waals surface area contributed by atoms with E-state index in [2.05, 4.69) is 20.6 Å². The molecule has 11 nitrogen and oxygen atoms in total. The fraction of sp³-hybridized carbons (Fsp3) is 0.421. The summed E-state index contributed by atoms with van der Waals surface area (Å²) >= 11 is 0. The van der Waals surface area contributed by atoms with Gasteiger partial charge in [-0.2, -0.15) is 4.31 Å². The third-order valence-electron chi connectivity index (χ3n) is 4.72. The fourth-order valence-electron chi connectivity index (χ4n) is 3.10. The molecule has 1 aromatic heterocycles. The van der Waals surface area contributed by atoms with Gasteiger partial charge in [0.05, 0.1) is 20.0 Å². The molecule has 3 rings (SSSR count). The van der Waals surface area contributed by atoms with Crippen LogP contribution in [0, 0.1) is 0 Å². The highest BCUT2D eigenvalue weighted by atomic mass is 32.2. The Labute approximate surface area is 181 Å². The van der Waals surface area contributed by atoms with Crippen LogP contribution in [-0.2, 0) is 10.0 Å². The van der Waals surface area contributed by atoms with Gasteiger partial charge in [-0.25, -0.2) is 23.2 Å². The Hall–Kier alpha value is -3.12. The number of urea groups is 1. The van der Waals surface area contributed by atoms with Gasteiger partial charge in [-0.05, 0) is 6.07 Å². The minimum atomic E-state index is -3.50. The second-order valence-electron chi connectivity index (χ2n) is 6.73. The first-order chi connectivity index (χ1) is 14.9. The standard InChI is InChI=1S/C19H26N6O5S/c1-29-16-12-15(13-17(14-16)30-2)23-19(26)22-6-11-31(27,28)25-9-7-24(8-10-25)18-20-4-3-5-21-18/h3-5,12-14H,6-11H2,1-2H3,(H2,22,23,26). The molecule has 1 aliphatic rings. The Morgan fingerprint density at radius 1 is 1.03 bits per heavy atom. The monoisotopic (exact) mass is 450 g/mol. The summed E-state index contributed by atoms with van der Waals surface area (Å²) in [5.74, 6) is 1.45. The molecule has 0 saturated carbocycles. The highest BCUT2D eigenvalue weighted by Gasteiger charge is 2.27. The molecule has 2 amide bonds. The van der Waals surface area contributed by atoms with Gasteiger partial charge in [0.25, 0.3) is 0 Å². The molecular weight excluding hydrogens is 424 g/mol. The molecule has 1 saturated heterocycles. The number of nitrogens with zero attached hydrogens (tertiary/aromatic N) is 4. The number of nitrogens with one attached hydrogen (secondary N) is 2. The van der Waals surface area contributed by atoms with Gasteiger partial charge in [0, 0.05) is 69.0 Å². The SMILES string of the molecule is COc1cc(NC(=O)NCCS(=O)(=O)N2CCN(c3ncccn3)CC2)cc(OC)c1. The van der Waals surface area contributed by atoms with E-state index in [1.54, 1.807) is 36.7 Å². The van der Waals surface area contributed by atoms with E-state index in [9.17, 15) is 13.2 Å². The maximum absolute atomic E-state index is 12.6. The summed E-state index contributed by atoms with van der Waals surface area (Å²) in [7, 11) is -0.475. The Bertz CT molecular complexity index is 958. The number of anilines is 2. The average molecular weight is 451 g/mol. The van der Waals surface area contributed by atoms with Gasteiger partial charge in [0.15, 0.2) is 0 Å². The van der Waals surface area contributed by atoms with Crippen molar-refractivity contribution in [3.05, 3.63) is 36.7 Å². The van der Waals surface area contributed by atoms with Crippen molar-refractivity contribution in [2.75, 3.05) is 62.9 Å². The first kappa shape index (κ1) is 22.6. The number of amides is 2. The lowest BCUT2D eigenvalue weighted by Crippen LogP contribution is -2.50. The van der Waals surface area contributed by atoms with Gasteiger partial charge >= 0.3 is 6.03 Å². The summed E-state index contributed by atoms with van der Waals surface area (Å²) in [6, 6.07) is 6.16. The number of ether oxygens (including phenoxy) is 2. The zero-order valence-electron chi connectivity index (χ0n) is 17.4. The number of hydrogen-bond acceptors (Lipinski definition) is 8. The molecule has 0 unspecified atom stereocenters. The number of carbonyl (C=O) groups excluding carboxylic acids is 1. The number of aromatic nitrogens is 2. The van der Waals surface area contributed by atoms with Crippen molar-refractivity contribution >= 4 is 27.7 Å². The van der Waals surface area contributed by atoms with Crippen LogP contribution in [0.15, 0.2) is 36.7 Å². The van der Waals surface area contributed by atoms with Crippen LogP contribution in [0.2, 0.25) is 0 Å². The van der Waals surface area contributed by atoms with Crippen molar-refractivity contribution in [3.8, 4) is 11.5 Å². The minimum absolute atomic E-state index is 0.0166. The van der Waals surface area contributed by atoms with Gasteiger partial charge < -0.3 is 25.0 Å². The van der Waals surface area contributed by atoms with Crippen LogP contribution in [0.1, 0.15) is 0 Å². The topological polar surface area (TPSA) is 126 Å². The first-order valence-electron chi connectivity index (χ1n) is 9.69. The number of rotatable bonds is 8. The lowest BCUT2D eigenvalue weighted by molar-refractivity contribution is 0.252. The molecule has 0 radical (unpaired) electrons. The molecule has 0 spiro atoms. The Morgan fingerprint density at radius 3 is 2.23 bits per heavy atom. The number of hydrogen-bond donors (Lipinski definition) is 2. The largest absolute Gasteiger partial charge is 0.497 e. The van der Waals surface area contributed by atoms with Gasteiger partial charge in [-0.15, -0.1) is 0 Å². The van der Waals surface area contributed by atoms with Crippen molar-refractivity contribution in [2.24, 2.45) is 0 Å². The maximum Gasteiger partial charge on any atom is 0.319 e. The predicted octanol–water partition coefficient (Wildman–Crippen LogP) is 0.767. The minimum Gasteiger partial charge on any atom is -0.497 e. The van der Waals surface area contributed by atoms with Crippen molar-refractivity contribution < 1.29 is 22.7 Å². The van der Waals surface area contributed by atoms with Gasteiger partial charge in [0.1, 0.15) is 11.5 Å². The number of methoxy groups -OCH3 is 2. The summed E-state index contributed by atoms with van der Waals surface area (Å²) in [6.07, 6.45) is 3.31. The smallest absolute Gasteiger partial charge is 0.319 e. The van der Waals surface area contributed by atoms with E-state index >= 15 is 0 Å². The van der Waals surface area contributed by atoms with Crippen molar-refractivity contribution in [3.63, 3.8) is 0 Å². The summed E-state index contributed by atoms with van der Waals surface area (Å²) in [6.45, 7) is 1.69. The third-order valence-corrected chi connectivity index (χ3v) is 6.59. The van der Waals surface area contributed by atoms with E-state index in [-0.39, 0.29) is 12.3 Å². The van der Waals surface area contributed by atoms with Crippen LogP contribution in [0.25, 0.3) is 0 Å². The van der Waals surface area contributed by atoms with E-state index < -0.39 is 16.1 Å². The lowest BCUT2D eigenvalue weighted by Gasteiger charge is -2.33. The van der Waals surface area contributed by atoms with E-state index in [4.69, 9.17) is 9.47 Å². The zero-order chi connectivity index (χ0) is 22.3. The molecule has 2 heterocycles. The molecule has 0 atom stereocenters. The Morgan fingerprint density at radius 2 is 1.65 bits per heavy atom. The molecule has 31 heavy (non-hydrogen) atoms. The van der Waals surface area contributed by atoms with Crippen molar-refractivity contribution in [1.29, 1.82) is 0 Å².